The van der Waals surface area contributed by atoms with Crippen LogP contribution in [0.15, 0.2) is 34.9 Å². The lowest BCUT2D eigenvalue weighted by Gasteiger charge is -2.15. The number of oxazole rings is 1. The molecule has 2 aromatic rings. The summed E-state index contributed by atoms with van der Waals surface area (Å²) >= 11 is 5.86. The van der Waals surface area contributed by atoms with E-state index in [9.17, 15) is 4.79 Å². The van der Waals surface area contributed by atoms with Gasteiger partial charge >= 0.3 is 0 Å². The standard InChI is InChI=1S/C17H22ClN3O2/c1-2-3-4-14(10-19)20-16(22)9-15-11-23-17(21-15)12-5-7-13(18)8-6-12/h5-8,11,14H,2-4,9-10,19H2,1H3,(H,20,22). The molecule has 0 radical (unpaired) electrons. The number of carbonyl (C=O) groups excluding carboxylic acids is 1. The van der Waals surface area contributed by atoms with Crippen molar-refractivity contribution in [3.63, 3.8) is 0 Å². The summed E-state index contributed by atoms with van der Waals surface area (Å²) < 4.78 is 5.43. The van der Waals surface area contributed by atoms with Crippen molar-refractivity contribution in [2.24, 2.45) is 5.73 Å². The second-order valence-electron chi connectivity index (χ2n) is 5.47. The maximum atomic E-state index is 12.1. The summed E-state index contributed by atoms with van der Waals surface area (Å²) in [5.41, 5.74) is 7.11. The number of aromatic nitrogens is 1. The van der Waals surface area contributed by atoms with Crippen LogP contribution < -0.4 is 11.1 Å². The van der Waals surface area contributed by atoms with Crippen LogP contribution in [0.2, 0.25) is 5.02 Å². The Morgan fingerprint density at radius 3 is 2.78 bits per heavy atom. The molecule has 3 N–H and O–H groups in total. The number of nitrogens with zero attached hydrogens (tertiary/aromatic N) is 1. The van der Waals surface area contributed by atoms with Gasteiger partial charge in [0.15, 0.2) is 0 Å². The smallest absolute Gasteiger partial charge is 0.226 e. The van der Waals surface area contributed by atoms with Crippen LogP contribution in [0.4, 0.5) is 0 Å². The Hall–Kier alpha value is -1.85. The van der Waals surface area contributed by atoms with Gasteiger partial charge in [-0.15, -0.1) is 0 Å². The first-order valence-electron chi connectivity index (χ1n) is 7.82. The second-order valence-corrected chi connectivity index (χ2v) is 5.91. The highest BCUT2D eigenvalue weighted by Crippen LogP contribution is 2.21. The van der Waals surface area contributed by atoms with Gasteiger partial charge in [0, 0.05) is 23.2 Å². The fourth-order valence-corrected chi connectivity index (χ4v) is 2.38. The number of benzene rings is 1. The summed E-state index contributed by atoms with van der Waals surface area (Å²) in [7, 11) is 0. The molecule has 0 aliphatic heterocycles. The molecule has 1 atom stereocenters. The zero-order chi connectivity index (χ0) is 16.7. The fraction of sp³-hybridized carbons (Fsp3) is 0.412. The molecule has 0 spiro atoms. The van der Waals surface area contributed by atoms with E-state index in [0.29, 0.717) is 23.2 Å². The van der Waals surface area contributed by atoms with E-state index >= 15 is 0 Å². The highest BCUT2D eigenvalue weighted by molar-refractivity contribution is 6.30. The largest absolute Gasteiger partial charge is 0.444 e. The third-order valence-electron chi connectivity index (χ3n) is 3.54. The molecule has 124 valence electrons. The molecule has 0 aliphatic carbocycles. The van der Waals surface area contributed by atoms with Crippen LogP contribution in [0.25, 0.3) is 11.5 Å². The Bertz CT molecular complexity index is 625. The molecule has 23 heavy (non-hydrogen) atoms. The monoisotopic (exact) mass is 335 g/mol. The number of amides is 1. The van der Waals surface area contributed by atoms with E-state index in [-0.39, 0.29) is 18.4 Å². The van der Waals surface area contributed by atoms with Crippen LogP contribution in [0.1, 0.15) is 31.9 Å². The van der Waals surface area contributed by atoms with Gasteiger partial charge in [-0.2, -0.15) is 0 Å². The van der Waals surface area contributed by atoms with Crippen LogP contribution in [-0.4, -0.2) is 23.5 Å². The zero-order valence-electron chi connectivity index (χ0n) is 13.2. The van der Waals surface area contributed by atoms with Crippen molar-refractivity contribution in [1.29, 1.82) is 0 Å². The number of hydrogen-bond acceptors (Lipinski definition) is 4. The van der Waals surface area contributed by atoms with Crippen LogP contribution in [0.5, 0.6) is 0 Å². The molecule has 0 saturated carbocycles. The summed E-state index contributed by atoms with van der Waals surface area (Å²) in [6.07, 6.45) is 4.72. The van der Waals surface area contributed by atoms with Gasteiger partial charge in [0.25, 0.3) is 0 Å². The van der Waals surface area contributed by atoms with E-state index in [1.165, 1.54) is 6.26 Å². The number of rotatable bonds is 8. The van der Waals surface area contributed by atoms with E-state index in [4.69, 9.17) is 21.8 Å². The predicted molar refractivity (Wildman–Crippen MR) is 91.2 cm³/mol. The molecule has 0 bridgehead atoms. The Kier molecular flexibility index (Phi) is 6.62. The molecular weight excluding hydrogens is 314 g/mol. The van der Waals surface area contributed by atoms with Gasteiger partial charge in [-0.3, -0.25) is 4.79 Å². The molecule has 6 heteroatoms. The lowest BCUT2D eigenvalue weighted by atomic mass is 10.1. The number of unbranched alkanes of at least 4 members (excludes halogenated alkanes) is 1. The molecule has 1 unspecified atom stereocenters. The molecule has 1 heterocycles. The van der Waals surface area contributed by atoms with Crippen molar-refractivity contribution in [2.45, 2.75) is 38.6 Å². The molecule has 1 amide bonds. The SMILES string of the molecule is CCCCC(CN)NC(=O)Cc1coc(-c2ccc(Cl)cc2)n1. The maximum Gasteiger partial charge on any atom is 0.226 e. The van der Waals surface area contributed by atoms with E-state index in [1.54, 1.807) is 12.1 Å². The predicted octanol–water partition coefficient (Wildman–Crippen LogP) is 3.17. The Morgan fingerprint density at radius 2 is 2.13 bits per heavy atom. The van der Waals surface area contributed by atoms with E-state index in [2.05, 4.69) is 17.2 Å². The zero-order valence-corrected chi connectivity index (χ0v) is 14.0. The quantitative estimate of drug-likeness (QED) is 0.776. The van der Waals surface area contributed by atoms with Crippen molar-refractivity contribution in [1.82, 2.24) is 10.3 Å². The van der Waals surface area contributed by atoms with Gasteiger partial charge in [0.05, 0.1) is 12.1 Å². The van der Waals surface area contributed by atoms with Crippen molar-refractivity contribution >= 4 is 17.5 Å². The Labute approximate surface area is 141 Å². The minimum atomic E-state index is -0.0903. The number of carbonyl (C=O) groups is 1. The van der Waals surface area contributed by atoms with Crippen LogP contribution in [0, 0.1) is 0 Å². The van der Waals surface area contributed by atoms with Crippen molar-refractivity contribution in [3.8, 4) is 11.5 Å². The van der Waals surface area contributed by atoms with Crippen molar-refractivity contribution in [3.05, 3.63) is 41.2 Å². The fourth-order valence-electron chi connectivity index (χ4n) is 2.26. The number of nitrogens with one attached hydrogen (secondary N) is 1. The first-order valence-corrected chi connectivity index (χ1v) is 8.20. The molecule has 0 aliphatic rings. The van der Waals surface area contributed by atoms with Gasteiger partial charge < -0.3 is 15.5 Å². The lowest BCUT2D eigenvalue weighted by molar-refractivity contribution is -0.121. The van der Waals surface area contributed by atoms with E-state index < -0.39 is 0 Å². The van der Waals surface area contributed by atoms with Crippen LogP contribution in [-0.2, 0) is 11.2 Å². The summed E-state index contributed by atoms with van der Waals surface area (Å²) in [6.45, 7) is 2.56. The van der Waals surface area contributed by atoms with Crippen molar-refractivity contribution < 1.29 is 9.21 Å². The molecule has 5 nitrogen and oxygen atoms in total. The van der Waals surface area contributed by atoms with Crippen molar-refractivity contribution in [2.75, 3.05) is 6.54 Å². The number of nitrogens with two attached hydrogens (primary N) is 1. The van der Waals surface area contributed by atoms with Gasteiger partial charge in [-0.05, 0) is 30.7 Å². The van der Waals surface area contributed by atoms with Gasteiger partial charge in [-0.1, -0.05) is 31.4 Å². The molecule has 0 saturated heterocycles. The summed E-state index contributed by atoms with van der Waals surface area (Å²) in [4.78, 5) is 16.4. The maximum absolute atomic E-state index is 12.1. The summed E-state index contributed by atoms with van der Waals surface area (Å²) in [5, 5.41) is 3.60. The molecule has 2 rings (SSSR count). The summed E-state index contributed by atoms with van der Waals surface area (Å²) in [5.74, 6) is 0.387. The Balaban J connectivity index is 1.93. The highest BCUT2D eigenvalue weighted by Gasteiger charge is 2.14. The molecule has 1 aromatic heterocycles. The normalized spacial score (nSPS) is 12.1. The van der Waals surface area contributed by atoms with E-state index in [1.807, 2.05) is 12.1 Å². The molecular formula is C17H22ClN3O2. The first kappa shape index (κ1) is 17.5. The molecule has 0 fully saturated rings. The summed E-state index contributed by atoms with van der Waals surface area (Å²) in [6, 6.07) is 7.21. The highest BCUT2D eigenvalue weighted by atomic mass is 35.5. The van der Waals surface area contributed by atoms with Gasteiger partial charge in [-0.25, -0.2) is 4.98 Å². The van der Waals surface area contributed by atoms with Crippen LogP contribution in [0.3, 0.4) is 0 Å². The topological polar surface area (TPSA) is 81.1 Å². The number of hydrogen-bond donors (Lipinski definition) is 2. The average Bonchev–Trinajstić information content (AvgIpc) is 3.00. The Morgan fingerprint density at radius 1 is 1.39 bits per heavy atom. The number of halogens is 1. The average molecular weight is 336 g/mol. The third-order valence-corrected chi connectivity index (χ3v) is 3.79. The van der Waals surface area contributed by atoms with Gasteiger partial charge in [0.2, 0.25) is 11.8 Å². The first-order chi connectivity index (χ1) is 11.1. The van der Waals surface area contributed by atoms with Gasteiger partial charge in [0.1, 0.15) is 6.26 Å². The van der Waals surface area contributed by atoms with Crippen LogP contribution >= 0.6 is 11.6 Å². The third kappa shape index (κ3) is 5.37. The minimum Gasteiger partial charge on any atom is -0.444 e. The second kappa shape index (κ2) is 8.70. The lowest BCUT2D eigenvalue weighted by Crippen LogP contribution is -2.40. The minimum absolute atomic E-state index is 0.0186. The molecule has 1 aromatic carbocycles. The van der Waals surface area contributed by atoms with E-state index in [0.717, 1.165) is 24.8 Å².